The zero-order chi connectivity index (χ0) is 7.84. The van der Waals surface area contributed by atoms with Gasteiger partial charge in [0.2, 0.25) is 0 Å². The van der Waals surface area contributed by atoms with E-state index in [1.54, 1.807) is 0 Å². The molecule has 56 valence electrons. The minimum atomic E-state index is -0.122. The van der Waals surface area contributed by atoms with Crippen LogP contribution in [-0.2, 0) is 0 Å². The lowest BCUT2D eigenvalue weighted by Crippen LogP contribution is -2.05. The normalized spacial score (nSPS) is 10.6. The summed E-state index contributed by atoms with van der Waals surface area (Å²) in [6, 6.07) is 1.84. The first-order valence-electron chi connectivity index (χ1n) is 3.30. The van der Waals surface area contributed by atoms with Gasteiger partial charge in [-0.05, 0) is 13.0 Å². The Labute approximate surface area is 62.3 Å². The summed E-state index contributed by atoms with van der Waals surface area (Å²) in [5.41, 5.74) is 2.09. The number of fused-ring (bicyclic) bond motifs is 1. The van der Waals surface area contributed by atoms with E-state index in [4.69, 9.17) is 0 Å². The molecular formula is C7H7N3O. The molecule has 0 aromatic carbocycles. The predicted molar refractivity (Wildman–Crippen MR) is 41.5 cm³/mol. The molecule has 2 aromatic rings. The van der Waals surface area contributed by atoms with Gasteiger partial charge in [0.1, 0.15) is 5.52 Å². The lowest BCUT2D eigenvalue weighted by molar-refractivity contribution is 1.16. The quantitative estimate of drug-likeness (QED) is 0.574. The maximum atomic E-state index is 11.1. The Morgan fingerprint density at radius 2 is 2.36 bits per heavy atom. The molecule has 0 amide bonds. The number of aromatic amines is 2. The summed E-state index contributed by atoms with van der Waals surface area (Å²) >= 11 is 0. The predicted octanol–water partition coefficient (Wildman–Crippen LogP) is 0.560. The second kappa shape index (κ2) is 1.95. The van der Waals surface area contributed by atoms with Crippen LogP contribution in [0.5, 0.6) is 0 Å². The number of nitrogens with one attached hydrogen (secondary N) is 2. The molecule has 4 nitrogen and oxygen atoms in total. The summed E-state index contributed by atoms with van der Waals surface area (Å²) in [7, 11) is 0. The van der Waals surface area contributed by atoms with E-state index in [2.05, 4.69) is 15.0 Å². The van der Waals surface area contributed by atoms with Crippen molar-refractivity contribution in [2.24, 2.45) is 0 Å². The number of aryl methyl sites for hydroxylation is 1. The van der Waals surface area contributed by atoms with Crippen molar-refractivity contribution < 1.29 is 0 Å². The largest absolute Gasteiger partial charge is 0.353 e. The molecule has 0 aliphatic heterocycles. The number of nitrogens with zero attached hydrogens (tertiary/aromatic N) is 1. The van der Waals surface area contributed by atoms with Crippen LogP contribution >= 0.6 is 0 Å². The smallest absolute Gasteiger partial charge is 0.275 e. The van der Waals surface area contributed by atoms with Gasteiger partial charge in [-0.1, -0.05) is 0 Å². The minimum absolute atomic E-state index is 0.122. The number of hydrogen-bond donors (Lipinski definition) is 2. The number of hydrogen-bond acceptors (Lipinski definition) is 2. The van der Waals surface area contributed by atoms with Crippen LogP contribution in [0.15, 0.2) is 17.2 Å². The molecule has 2 rings (SSSR count). The van der Waals surface area contributed by atoms with Crippen LogP contribution < -0.4 is 5.56 Å². The maximum absolute atomic E-state index is 11.1. The molecule has 0 radical (unpaired) electrons. The second-order valence-electron chi connectivity index (χ2n) is 2.44. The topological polar surface area (TPSA) is 61.5 Å². The second-order valence-corrected chi connectivity index (χ2v) is 2.44. The van der Waals surface area contributed by atoms with Crippen molar-refractivity contribution >= 4 is 11.0 Å². The van der Waals surface area contributed by atoms with E-state index in [0.717, 1.165) is 5.69 Å². The van der Waals surface area contributed by atoms with Gasteiger partial charge < -0.3 is 9.97 Å². The van der Waals surface area contributed by atoms with E-state index in [-0.39, 0.29) is 5.56 Å². The summed E-state index contributed by atoms with van der Waals surface area (Å²) in [5, 5.41) is 0. The van der Waals surface area contributed by atoms with Crippen molar-refractivity contribution in [3.8, 4) is 0 Å². The van der Waals surface area contributed by atoms with Crippen molar-refractivity contribution in [2.45, 2.75) is 6.92 Å². The van der Waals surface area contributed by atoms with Gasteiger partial charge in [-0.25, -0.2) is 4.98 Å². The summed E-state index contributed by atoms with van der Waals surface area (Å²) in [4.78, 5) is 20.5. The molecule has 2 N–H and O–H groups in total. The van der Waals surface area contributed by atoms with E-state index < -0.39 is 0 Å². The Hall–Kier alpha value is -1.58. The molecule has 4 heteroatoms. The molecular weight excluding hydrogens is 142 g/mol. The fourth-order valence-corrected chi connectivity index (χ4v) is 1.08. The zero-order valence-corrected chi connectivity index (χ0v) is 6.01. The van der Waals surface area contributed by atoms with Gasteiger partial charge in [-0.3, -0.25) is 4.79 Å². The number of aromatic nitrogens is 3. The third-order valence-corrected chi connectivity index (χ3v) is 1.56. The fraction of sp³-hybridized carbons (Fsp3) is 0.143. The lowest BCUT2D eigenvalue weighted by atomic mass is 10.4. The van der Waals surface area contributed by atoms with Crippen molar-refractivity contribution in [1.82, 2.24) is 15.0 Å². The summed E-state index contributed by atoms with van der Waals surface area (Å²) in [5.74, 6) is 0. The Balaban J connectivity index is 3.02. The molecule has 0 saturated heterocycles. The highest BCUT2D eigenvalue weighted by Crippen LogP contribution is 2.05. The first-order chi connectivity index (χ1) is 5.27. The molecule has 0 aliphatic carbocycles. The maximum Gasteiger partial charge on any atom is 0.275 e. The van der Waals surface area contributed by atoms with Gasteiger partial charge in [-0.15, -0.1) is 0 Å². The summed E-state index contributed by atoms with van der Waals surface area (Å²) < 4.78 is 0. The van der Waals surface area contributed by atoms with Crippen LogP contribution in [0.4, 0.5) is 0 Å². The molecule has 0 spiro atoms. The van der Waals surface area contributed by atoms with Crippen LogP contribution in [0.25, 0.3) is 11.0 Å². The highest BCUT2D eigenvalue weighted by atomic mass is 16.1. The van der Waals surface area contributed by atoms with Gasteiger partial charge >= 0.3 is 0 Å². The molecule has 0 aliphatic rings. The third kappa shape index (κ3) is 0.832. The minimum Gasteiger partial charge on any atom is -0.353 e. The molecule has 0 saturated carbocycles. The van der Waals surface area contributed by atoms with Gasteiger partial charge in [-0.2, -0.15) is 0 Å². The van der Waals surface area contributed by atoms with Crippen molar-refractivity contribution in [2.75, 3.05) is 0 Å². The molecule has 0 atom stereocenters. The molecule has 11 heavy (non-hydrogen) atoms. The Bertz CT molecular complexity index is 440. The monoisotopic (exact) mass is 149 g/mol. The highest BCUT2D eigenvalue weighted by molar-refractivity contribution is 5.74. The first-order valence-corrected chi connectivity index (χ1v) is 3.30. The SMILES string of the molecule is Cc1cc2nc[nH]c(=O)c2[nH]1. The standard InChI is InChI=1S/C7H7N3O/c1-4-2-5-6(10-4)7(11)9-3-8-5/h2-3,10H,1H3,(H,8,9,11). The van der Waals surface area contributed by atoms with Crippen LogP contribution in [0, 0.1) is 6.92 Å². The van der Waals surface area contributed by atoms with Gasteiger partial charge in [0, 0.05) is 5.69 Å². The molecule has 0 fully saturated rings. The van der Waals surface area contributed by atoms with E-state index in [1.807, 2.05) is 13.0 Å². The van der Waals surface area contributed by atoms with E-state index >= 15 is 0 Å². The van der Waals surface area contributed by atoms with Crippen LogP contribution in [0.3, 0.4) is 0 Å². The molecule has 0 unspecified atom stereocenters. The van der Waals surface area contributed by atoms with Gasteiger partial charge in [0.25, 0.3) is 5.56 Å². The average Bonchev–Trinajstić information content (AvgIpc) is 2.31. The van der Waals surface area contributed by atoms with Crippen LogP contribution in [0.1, 0.15) is 5.69 Å². The zero-order valence-electron chi connectivity index (χ0n) is 6.01. The van der Waals surface area contributed by atoms with E-state index in [1.165, 1.54) is 6.33 Å². The number of rotatable bonds is 0. The first kappa shape index (κ1) is 6.15. The summed E-state index contributed by atoms with van der Waals surface area (Å²) in [6.45, 7) is 1.89. The van der Waals surface area contributed by atoms with Crippen LogP contribution in [0.2, 0.25) is 0 Å². The molecule has 2 heterocycles. The van der Waals surface area contributed by atoms with Crippen molar-refractivity contribution in [3.05, 3.63) is 28.4 Å². The molecule has 2 aromatic heterocycles. The van der Waals surface area contributed by atoms with E-state index in [9.17, 15) is 4.79 Å². The average molecular weight is 149 g/mol. The highest BCUT2D eigenvalue weighted by Gasteiger charge is 2.00. The summed E-state index contributed by atoms with van der Waals surface area (Å²) in [6.07, 6.45) is 1.40. The molecule has 0 bridgehead atoms. The lowest BCUT2D eigenvalue weighted by Gasteiger charge is -1.83. The fourth-order valence-electron chi connectivity index (χ4n) is 1.08. The number of H-pyrrole nitrogens is 2. The Morgan fingerprint density at radius 1 is 1.55 bits per heavy atom. The van der Waals surface area contributed by atoms with Crippen LogP contribution in [-0.4, -0.2) is 15.0 Å². The van der Waals surface area contributed by atoms with Crippen molar-refractivity contribution in [3.63, 3.8) is 0 Å². The van der Waals surface area contributed by atoms with Gasteiger partial charge in [0.05, 0.1) is 11.8 Å². The van der Waals surface area contributed by atoms with Gasteiger partial charge in [0.15, 0.2) is 0 Å². The third-order valence-electron chi connectivity index (χ3n) is 1.56. The Morgan fingerprint density at radius 3 is 3.09 bits per heavy atom. The Kier molecular flexibility index (Phi) is 1.09. The van der Waals surface area contributed by atoms with Crippen molar-refractivity contribution in [1.29, 1.82) is 0 Å². The van der Waals surface area contributed by atoms with E-state index in [0.29, 0.717) is 11.0 Å².